The minimum atomic E-state index is -0.447. The maximum atomic E-state index is 14.1. The Kier molecular flexibility index (Phi) is 4.24. The van der Waals surface area contributed by atoms with Gasteiger partial charge in [-0.1, -0.05) is 13.8 Å². The molecule has 0 bridgehead atoms. The van der Waals surface area contributed by atoms with E-state index in [0.717, 1.165) is 22.5 Å². The van der Waals surface area contributed by atoms with Crippen LogP contribution in [0, 0.1) is 12.7 Å². The Bertz CT molecular complexity index is 578. The Morgan fingerprint density at radius 1 is 1.37 bits per heavy atom. The molecule has 0 spiro atoms. The number of hydrogen-bond acceptors (Lipinski definition) is 4. The summed E-state index contributed by atoms with van der Waals surface area (Å²) in [5.74, 6) is 0.0141. The van der Waals surface area contributed by atoms with Gasteiger partial charge in [0.15, 0.2) is 11.5 Å². The van der Waals surface area contributed by atoms with Crippen LogP contribution >= 0.6 is 11.3 Å². The van der Waals surface area contributed by atoms with Crippen molar-refractivity contribution < 1.29 is 13.9 Å². The predicted octanol–water partition coefficient (Wildman–Crippen LogP) is 4.32. The van der Waals surface area contributed by atoms with E-state index in [-0.39, 0.29) is 17.6 Å². The lowest BCUT2D eigenvalue weighted by Gasteiger charge is -2.09. The first-order chi connectivity index (χ1) is 9.19. The van der Waals surface area contributed by atoms with Gasteiger partial charge < -0.3 is 9.47 Å². The number of aromatic nitrogens is 1. The maximum absolute atomic E-state index is 14.1. The van der Waals surface area contributed by atoms with Gasteiger partial charge in [0, 0.05) is 6.07 Å². The van der Waals surface area contributed by atoms with Gasteiger partial charge in [0.2, 0.25) is 5.82 Å². The molecule has 3 rings (SSSR count). The molecule has 0 unspecified atom stereocenters. The highest BCUT2D eigenvalue weighted by Gasteiger charge is 2.28. The summed E-state index contributed by atoms with van der Waals surface area (Å²) in [5.41, 5.74) is 0.609. The molecule has 1 aliphatic carbocycles. The minimum Gasteiger partial charge on any atom is -0.493 e. The third kappa shape index (κ3) is 2.81. The molecule has 0 radical (unpaired) electrons. The highest BCUT2D eigenvalue weighted by molar-refractivity contribution is 7.18. The lowest BCUT2D eigenvalue weighted by atomic mass is 10.2. The number of fused-ring (bicyclic) bond motifs is 1. The molecular weight excluding hydrogens is 265 g/mol. The van der Waals surface area contributed by atoms with Crippen molar-refractivity contribution in [2.45, 2.75) is 39.7 Å². The molecule has 0 saturated heterocycles. The number of thiazole rings is 1. The molecule has 3 nitrogen and oxygen atoms in total. The summed E-state index contributed by atoms with van der Waals surface area (Å²) in [4.78, 5) is 4.33. The molecule has 5 heteroatoms. The van der Waals surface area contributed by atoms with E-state index in [9.17, 15) is 4.39 Å². The van der Waals surface area contributed by atoms with Crippen LogP contribution in [0.25, 0.3) is 10.2 Å². The van der Waals surface area contributed by atoms with Crippen LogP contribution < -0.4 is 9.47 Å². The van der Waals surface area contributed by atoms with Crippen molar-refractivity contribution in [1.29, 1.82) is 0 Å². The van der Waals surface area contributed by atoms with Gasteiger partial charge in [-0.05, 0) is 19.8 Å². The molecular formula is C14H18FNO2S. The van der Waals surface area contributed by atoms with E-state index in [1.165, 1.54) is 18.4 Å². The van der Waals surface area contributed by atoms with Crippen LogP contribution in [-0.2, 0) is 0 Å². The smallest absolute Gasteiger partial charge is 0.209 e. The molecule has 0 aliphatic heterocycles. The molecule has 1 aromatic heterocycles. The van der Waals surface area contributed by atoms with Crippen LogP contribution in [0.4, 0.5) is 4.39 Å². The number of benzene rings is 1. The van der Waals surface area contributed by atoms with E-state index in [1.54, 1.807) is 6.07 Å². The van der Waals surface area contributed by atoms with Crippen LogP contribution in [0.15, 0.2) is 6.07 Å². The molecule has 1 saturated carbocycles. The third-order valence-corrected chi connectivity index (χ3v) is 3.60. The average molecular weight is 283 g/mol. The number of rotatable bonds is 3. The van der Waals surface area contributed by atoms with E-state index in [4.69, 9.17) is 9.47 Å². The summed E-state index contributed by atoms with van der Waals surface area (Å²) in [7, 11) is 1.46. The van der Waals surface area contributed by atoms with E-state index < -0.39 is 5.82 Å². The summed E-state index contributed by atoms with van der Waals surface area (Å²) in [6.45, 7) is 5.90. The molecule has 19 heavy (non-hydrogen) atoms. The van der Waals surface area contributed by atoms with Crippen molar-refractivity contribution >= 4 is 21.6 Å². The monoisotopic (exact) mass is 283 g/mol. The fourth-order valence-corrected chi connectivity index (χ4v) is 2.57. The number of hydrogen-bond donors (Lipinski definition) is 0. The molecule has 1 aliphatic rings. The van der Waals surface area contributed by atoms with E-state index in [2.05, 4.69) is 4.98 Å². The van der Waals surface area contributed by atoms with Crippen LogP contribution in [0.1, 0.15) is 31.7 Å². The number of halogens is 1. The van der Waals surface area contributed by atoms with Gasteiger partial charge in [-0.15, -0.1) is 11.3 Å². The summed E-state index contributed by atoms with van der Waals surface area (Å²) < 4.78 is 25.7. The molecule has 1 aromatic carbocycles. The molecule has 2 aromatic rings. The second kappa shape index (κ2) is 5.74. The highest BCUT2D eigenvalue weighted by atomic mass is 32.1. The number of ether oxygens (including phenoxy) is 2. The first-order valence-corrected chi connectivity index (χ1v) is 7.31. The fourth-order valence-electron chi connectivity index (χ4n) is 1.71. The number of aryl methyl sites for hydroxylation is 1. The summed E-state index contributed by atoms with van der Waals surface area (Å²) in [5, 5.41) is 0.897. The van der Waals surface area contributed by atoms with Crippen molar-refractivity contribution in [1.82, 2.24) is 4.98 Å². The normalized spacial score (nSPS) is 13.9. The third-order valence-electron chi connectivity index (χ3n) is 2.68. The van der Waals surface area contributed by atoms with E-state index in [1.807, 2.05) is 20.8 Å². The molecule has 1 fully saturated rings. The topological polar surface area (TPSA) is 31.4 Å². The first-order valence-electron chi connectivity index (χ1n) is 6.49. The van der Waals surface area contributed by atoms with E-state index >= 15 is 0 Å². The zero-order valence-electron chi connectivity index (χ0n) is 11.6. The molecule has 0 amide bonds. The molecule has 1 heterocycles. The predicted molar refractivity (Wildman–Crippen MR) is 75.9 cm³/mol. The maximum Gasteiger partial charge on any atom is 0.209 e. The van der Waals surface area contributed by atoms with Gasteiger partial charge in [-0.3, -0.25) is 0 Å². The average Bonchev–Trinajstić information content (AvgIpc) is 3.16. The number of nitrogens with zero attached hydrogens (tertiary/aromatic N) is 1. The summed E-state index contributed by atoms with van der Waals surface area (Å²) >= 11 is 1.51. The quantitative estimate of drug-likeness (QED) is 0.840. The zero-order chi connectivity index (χ0) is 14.0. The largest absolute Gasteiger partial charge is 0.493 e. The fraction of sp³-hybridized carbons (Fsp3) is 0.500. The standard InChI is InChI=1S/C12H12FNO2S.C2H6/c1-6-14-11-9(17-6)5-8(15-2)10(13)12(11)16-7-3-4-7;1-2/h5,7H,3-4H2,1-2H3;1-2H3. The zero-order valence-corrected chi connectivity index (χ0v) is 12.4. The van der Waals surface area contributed by atoms with Crippen molar-refractivity contribution in [2.24, 2.45) is 0 Å². The lowest BCUT2D eigenvalue weighted by Crippen LogP contribution is -2.01. The van der Waals surface area contributed by atoms with Gasteiger partial charge in [-0.2, -0.15) is 4.39 Å². The van der Waals surface area contributed by atoms with Crippen molar-refractivity contribution in [2.75, 3.05) is 7.11 Å². The van der Waals surface area contributed by atoms with Gasteiger partial charge in [0.05, 0.1) is 22.9 Å². The van der Waals surface area contributed by atoms with Gasteiger partial charge in [0.1, 0.15) is 5.52 Å². The first kappa shape index (κ1) is 14.1. The van der Waals surface area contributed by atoms with Crippen molar-refractivity contribution in [3.8, 4) is 11.5 Å². The van der Waals surface area contributed by atoms with Gasteiger partial charge in [-0.25, -0.2) is 4.98 Å². The molecule has 104 valence electrons. The Morgan fingerprint density at radius 3 is 2.63 bits per heavy atom. The van der Waals surface area contributed by atoms with Gasteiger partial charge in [0.25, 0.3) is 0 Å². The Morgan fingerprint density at radius 2 is 2.05 bits per heavy atom. The minimum absolute atomic E-state index is 0.141. The summed E-state index contributed by atoms with van der Waals surface area (Å²) in [6, 6.07) is 1.68. The second-order valence-corrected chi connectivity index (χ2v) is 5.35. The second-order valence-electron chi connectivity index (χ2n) is 4.12. The van der Waals surface area contributed by atoms with Crippen LogP contribution in [0.2, 0.25) is 0 Å². The molecule has 0 N–H and O–H groups in total. The van der Waals surface area contributed by atoms with Crippen LogP contribution in [0.5, 0.6) is 11.5 Å². The SMILES string of the molecule is CC.COc1cc2sc(C)nc2c(OC2CC2)c1F. The lowest BCUT2D eigenvalue weighted by molar-refractivity contribution is 0.283. The summed E-state index contributed by atoms with van der Waals surface area (Å²) in [6.07, 6.45) is 2.12. The number of methoxy groups -OCH3 is 1. The highest BCUT2D eigenvalue weighted by Crippen LogP contribution is 2.40. The van der Waals surface area contributed by atoms with Crippen molar-refractivity contribution in [3.05, 3.63) is 16.9 Å². The van der Waals surface area contributed by atoms with E-state index in [0.29, 0.717) is 5.52 Å². The Labute approximate surface area is 116 Å². The van der Waals surface area contributed by atoms with Crippen molar-refractivity contribution in [3.63, 3.8) is 0 Å². The van der Waals surface area contributed by atoms with Crippen LogP contribution in [-0.4, -0.2) is 18.2 Å². The Balaban J connectivity index is 0.000000637. The molecule has 0 atom stereocenters. The van der Waals surface area contributed by atoms with Gasteiger partial charge >= 0.3 is 0 Å². The Hall–Kier alpha value is -1.36. The van der Waals surface area contributed by atoms with Crippen LogP contribution in [0.3, 0.4) is 0 Å².